The fourth-order valence-electron chi connectivity index (χ4n) is 2.23. The van der Waals surface area contributed by atoms with Gasteiger partial charge in [-0.05, 0) is 30.3 Å². The van der Waals surface area contributed by atoms with Crippen LogP contribution in [0.25, 0.3) is 5.69 Å². The van der Waals surface area contributed by atoms with Gasteiger partial charge in [0, 0.05) is 18.3 Å². The molecular formula is C18H17N5O2S. The van der Waals surface area contributed by atoms with Crippen molar-refractivity contribution in [3.05, 3.63) is 66.5 Å². The molecule has 26 heavy (non-hydrogen) atoms. The van der Waals surface area contributed by atoms with Crippen molar-refractivity contribution in [2.45, 2.75) is 5.16 Å². The predicted octanol–water partition coefficient (Wildman–Crippen LogP) is 2.36. The zero-order chi connectivity index (χ0) is 18.4. The average Bonchev–Trinajstić information content (AvgIpc) is 3.16. The minimum atomic E-state index is -0.203. The molecule has 0 fully saturated rings. The van der Waals surface area contributed by atoms with Gasteiger partial charge in [-0.1, -0.05) is 36.0 Å². The van der Waals surface area contributed by atoms with Crippen molar-refractivity contribution >= 4 is 29.3 Å². The zero-order valence-electron chi connectivity index (χ0n) is 14.0. The number of anilines is 1. The molecule has 1 heterocycles. The van der Waals surface area contributed by atoms with Crippen molar-refractivity contribution < 1.29 is 9.59 Å². The molecule has 0 aliphatic carbocycles. The van der Waals surface area contributed by atoms with Gasteiger partial charge in [-0.3, -0.25) is 9.59 Å². The number of nitrogens with one attached hydrogen (secondary N) is 2. The van der Waals surface area contributed by atoms with Gasteiger partial charge in [0.2, 0.25) is 11.1 Å². The molecule has 2 N–H and O–H groups in total. The minimum absolute atomic E-state index is 0.170. The van der Waals surface area contributed by atoms with Crippen molar-refractivity contribution in [3.8, 4) is 5.69 Å². The Hall–Kier alpha value is -3.13. The van der Waals surface area contributed by atoms with Crippen LogP contribution in [0, 0.1) is 0 Å². The van der Waals surface area contributed by atoms with E-state index >= 15 is 0 Å². The maximum absolute atomic E-state index is 12.1. The quantitative estimate of drug-likeness (QED) is 0.653. The van der Waals surface area contributed by atoms with Crippen molar-refractivity contribution in [1.82, 2.24) is 20.1 Å². The summed E-state index contributed by atoms with van der Waals surface area (Å²) in [6, 6.07) is 16.4. The molecule has 2 aromatic carbocycles. The third-order valence-electron chi connectivity index (χ3n) is 3.46. The molecule has 0 saturated carbocycles. The van der Waals surface area contributed by atoms with Crippen LogP contribution in [0.1, 0.15) is 10.4 Å². The molecule has 2 amide bonds. The van der Waals surface area contributed by atoms with Crippen LogP contribution in [-0.2, 0) is 4.79 Å². The van der Waals surface area contributed by atoms with Crippen molar-refractivity contribution in [1.29, 1.82) is 0 Å². The molecule has 0 aliphatic heterocycles. The smallest absolute Gasteiger partial charge is 0.251 e. The van der Waals surface area contributed by atoms with Gasteiger partial charge in [0.25, 0.3) is 5.91 Å². The van der Waals surface area contributed by atoms with Gasteiger partial charge in [-0.2, -0.15) is 0 Å². The fourth-order valence-corrected chi connectivity index (χ4v) is 2.83. The van der Waals surface area contributed by atoms with Crippen LogP contribution in [0.2, 0.25) is 0 Å². The highest BCUT2D eigenvalue weighted by molar-refractivity contribution is 7.99. The standard InChI is InChI=1S/C18H17N5O2S/c1-19-17(25)13-6-5-7-14(10-13)21-16(24)11-26-18-20-12-23(22-18)15-8-3-2-4-9-15/h2-10,12H,11H2,1H3,(H,19,25)(H,21,24). The topological polar surface area (TPSA) is 88.9 Å². The van der Waals surface area contributed by atoms with Crippen LogP contribution < -0.4 is 10.6 Å². The molecule has 0 atom stereocenters. The lowest BCUT2D eigenvalue weighted by Gasteiger charge is -2.06. The van der Waals surface area contributed by atoms with Crippen molar-refractivity contribution in [3.63, 3.8) is 0 Å². The molecule has 0 saturated heterocycles. The van der Waals surface area contributed by atoms with Gasteiger partial charge in [-0.15, -0.1) is 5.10 Å². The Bertz CT molecular complexity index is 911. The van der Waals surface area contributed by atoms with Crippen molar-refractivity contribution in [2.75, 3.05) is 18.1 Å². The summed E-state index contributed by atoms with van der Waals surface area (Å²) in [4.78, 5) is 28.0. The fraction of sp³-hybridized carbons (Fsp3) is 0.111. The van der Waals surface area contributed by atoms with E-state index in [4.69, 9.17) is 0 Å². The summed E-state index contributed by atoms with van der Waals surface area (Å²) in [7, 11) is 1.56. The summed E-state index contributed by atoms with van der Waals surface area (Å²) in [5.74, 6) is -0.227. The second-order valence-corrected chi connectivity index (χ2v) is 6.25. The highest BCUT2D eigenvalue weighted by atomic mass is 32.2. The largest absolute Gasteiger partial charge is 0.355 e. The summed E-state index contributed by atoms with van der Waals surface area (Å²) >= 11 is 1.24. The number of aromatic nitrogens is 3. The first-order chi connectivity index (χ1) is 12.7. The Morgan fingerprint density at radius 2 is 1.92 bits per heavy atom. The molecule has 3 aromatic rings. The lowest BCUT2D eigenvalue weighted by Crippen LogP contribution is -2.19. The third-order valence-corrected chi connectivity index (χ3v) is 4.31. The van der Waals surface area contributed by atoms with Gasteiger partial charge < -0.3 is 10.6 Å². The molecule has 8 heteroatoms. The van der Waals surface area contributed by atoms with E-state index in [1.807, 2.05) is 30.3 Å². The molecule has 0 unspecified atom stereocenters. The Morgan fingerprint density at radius 1 is 1.12 bits per heavy atom. The number of rotatable bonds is 6. The van der Waals surface area contributed by atoms with Crippen LogP contribution in [0.15, 0.2) is 66.1 Å². The van der Waals surface area contributed by atoms with Gasteiger partial charge >= 0.3 is 0 Å². The summed E-state index contributed by atoms with van der Waals surface area (Å²) in [6.07, 6.45) is 1.61. The van der Waals surface area contributed by atoms with Crippen LogP contribution in [-0.4, -0.2) is 39.4 Å². The third kappa shape index (κ3) is 4.48. The van der Waals surface area contributed by atoms with Gasteiger partial charge in [0.1, 0.15) is 6.33 Å². The summed E-state index contributed by atoms with van der Waals surface area (Å²) in [6.45, 7) is 0. The maximum atomic E-state index is 12.1. The maximum Gasteiger partial charge on any atom is 0.251 e. The van der Waals surface area contributed by atoms with E-state index < -0.39 is 0 Å². The molecule has 0 spiro atoms. The van der Waals surface area contributed by atoms with E-state index in [1.54, 1.807) is 42.3 Å². The number of benzene rings is 2. The van der Waals surface area contributed by atoms with Gasteiger partial charge in [0.15, 0.2) is 0 Å². The highest BCUT2D eigenvalue weighted by Gasteiger charge is 2.09. The number of hydrogen-bond donors (Lipinski definition) is 2. The molecule has 1 aromatic heterocycles. The lowest BCUT2D eigenvalue weighted by atomic mass is 10.2. The second-order valence-electron chi connectivity index (χ2n) is 5.30. The van der Waals surface area contributed by atoms with E-state index in [0.717, 1.165) is 5.69 Å². The van der Waals surface area contributed by atoms with E-state index in [1.165, 1.54) is 11.8 Å². The molecule has 0 aliphatic rings. The molecule has 7 nitrogen and oxygen atoms in total. The number of carbonyl (C=O) groups excluding carboxylic acids is 2. The van der Waals surface area contributed by atoms with Crippen LogP contribution >= 0.6 is 11.8 Å². The number of para-hydroxylation sites is 1. The Morgan fingerprint density at radius 3 is 2.69 bits per heavy atom. The number of nitrogens with zero attached hydrogens (tertiary/aromatic N) is 3. The average molecular weight is 367 g/mol. The van der Waals surface area contributed by atoms with E-state index in [0.29, 0.717) is 16.4 Å². The predicted molar refractivity (Wildman–Crippen MR) is 101 cm³/mol. The normalized spacial score (nSPS) is 10.3. The Balaban J connectivity index is 1.56. The molecular weight excluding hydrogens is 350 g/mol. The number of hydrogen-bond acceptors (Lipinski definition) is 5. The number of thioether (sulfide) groups is 1. The SMILES string of the molecule is CNC(=O)c1cccc(NC(=O)CSc2ncn(-c3ccccc3)n2)c1. The van der Waals surface area contributed by atoms with Gasteiger partial charge in [0.05, 0.1) is 11.4 Å². The van der Waals surface area contributed by atoms with E-state index in [-0.39, 0.29) is 17.6 Å². The second kappa shape index (κ2) is 8.30. The first kappa shape index (κ1) is 17.7. The molecule has 0 bridgehead atoms. The summed E-state index contributed by atoms with van der Waals surface area (Å²) in [5, 5.41) is 10.2. The Labute approximate surface area is 154 Å². The van der Waals surface area contributed by atoms with Crippen molar-refractivity contribution in [2.24, 2.45) is 0 Å². The highest BCUT2D eigenvalue weighted by Crippen LogP contribution is 2.16. The Kier molecular flexibility index (Phi) is 5.65. The van der Waals surface area contributed by atoms with Gasteiger partial charge in [-0.25, -0.2) is 9.67 Å². The molecule has 132 valence electrons. The van der Waals surface area contributed by atoms with Crippen LogP contribution in [0.3, 0.4) is 0 Å². The van der Waals surface area contributed by atoms with E-state index in [9.17, 15) is 9.59 Å². The summed E-state index contributed by atoms with van der Waals surface area (Å²) in [5.41, 5.74) is 1.96. The monoisotopic (exact) mass is 367 g/mol. The molecule has 3 rings (SSSR count). The first-order valence-corrected chi connectivity index (χ1v) is 8.86. The van der Waals surface area contributed by atoms with Crippen LogP contribution in [0.5, 0.6) is 0 Å². The minimum Gasteiger partial charge on any atom is -0.355 e. The zero-order valence-corrected chi connectivity index (χ0v) is 14.9. The summed E-state index contributed by atoms with van der Waals surface area (Å²) < 4.78 is 1.66. The lowest BCUT2D eigenvalue weighted by molar-refractivity contribution is -0.113. The number of amides is 2. The van der Waals surface area contributed by atoms with Crippen LogP contribution in [0.4, 0.5) is 5.69 Å². The molecule has 0 radical (unpaired) electrons. The first-order valence-electron chi connectivity index (χ1n) is 7.87. The van der Waals surface area contributed by atoms with E-state index in [2.05, 4.69) is 20.7 Å². The number of carbonyl (C=O) groups is 2.